The van der Waals surface area contributed by atoms with Crippen molar-refractivity contribution in [2.24, 2.45) is 5.92 Å². The number of amides is 1. The summed E-state index contributed by atoms with van der Waals surface area (Å²) in [5.41, 5.74) is 5.55. The first-order chi connectivity index (χ1) is 17.3. The van der Waals surface area contributed by atoms with Crippen LogP contribution in [0.2, 0.25) is 5.02 Å². The van der Waals surface area contributed by atoms with E-state index >= 15 is 0 Å². The molecule has 1 amide bonds. The van der Waals surface area contributed by atoms with Crippen molar-refractivity contribution in [1.29, 1.82) is 0 Å². The molecule has 1 N–H and O–H groups in total. The van der Waals surface area contributed by atoms with Gasteiger partial charge in [0.25, 0.3) is 5.91 Å². The number of carbonyl (C=O) groups is 1. The number of hydrogen-bond donors (Lipinski definition) is 1. The van der Waals surface area contributed by atoms with Gasteiger partial charge in [0.2, 0.25) is 0 Å². The van der Waals surface area contributed by atoms with Crippen LogP contribution in [0.3, 0.4) is 0 Å². The van der Waals surface area contributed by atoms with Crippen LogP contribution in [0.15, 0.2) is 53.5 Å². The maximum absolute atomic E-state index is 13.7. The molecule has 0 bridgehead atoms. The third-order valence-electron chi connectivity index (χ3n) is 7.19. The Morgan fingerprint density at radius 2 is 1.75 bits per heavy atom. The lowest BCUT2D eigenvalue weighted by molar-refractivity contribution is 0.0919. The Kier molecular flexibility index (Phi) is 6.67. The molecule has 0 radical (unpaired) electrons. The number of pyridine rings is 2. The number of nitrogens with one attached hydrogen (secondary N) is 1. The third-order valence-corrected chi connectivity index (χ3v) is 7.40. The van der Waals surface area contributed by atoms with E-state index in [4.69, 9.17) is 11.6 Å². The summed E-state index contributed by atoms with van der Waals surface area (Å²) in [7, 11) is 0. The van der Waals surface area contributed by atoms with Gasteiger partial charge in [0, 0.05) is 24.5 Å². The zero-order valence-corrected chi connectivity index (χ0v) is 21.5. The molecule has 36 heavy (non-hydrogen) atoms. The van der Waals surface area contributed by atoms with Crippen molar-refractivity contribution in [3.63, 3.8) is 0 Å². The van der Waals surface area contributed by atoms with Gasteiger partial charge in [-0.3, -0.25) is 23.9 Å². The zero-order valence-electron chi connectivity index (χ0n) is 20.8. The zero-order chi connectivity index (χ0) is 25.4. The fraction of sp³-hybridized carbons (Fsp3) is 0.357. The van der Waals surface area contributed by atoms with E-state index in [1.165, 1.54) is 0 Å². The summed E-state index contributed by atoms with van der Waals surface area (Å²) >= 11 is 6.03. The number of fused-ring (bicyclic) bond motifs is 1. The molecule has 3 heterocycles. The molecule has 0 atom stereocenters. The normalized spacial score (nSPS) is 17.9. The monoisotopic (exact) mass is 503 g/mol. The van der Waals surface area contributed by atoms with E-state index in [2.05, 4.69) is 15.3 Å². The van der Waals surface area contributed by atoms with Gasteiger partial charge in [0.15, 0.2) is 0 Å². The van der Waals surface area contributed by atoms with Gasteiger partial charge in [-0.1, -0.05) is 23.7 Å². The second-order valence-corrected chi connectivity index (χ2v) is 10.2. The summed E-state index contributed by atoms with van der Waals surface area (Å²) in [6, 6.07) is 13.6. The molecule has 8 heteroatoms. The van der Waals surface area contributed by atoms with E-state index in [0.29, 0.717) is 28.7 Å². The van der Waals surface area contributed by atoms with Crippen LogP contribution >= 0.6 is 11.6 Å². The molecular formula is C28H30ClN5O2. The maximum atomic E-state index is 13.7. The Morgan fingerprint density at radius 1 is 1.03 bits per heavy atom. The van der Waals surface area contributed by atoms with Gasteiger partial charge >= 0.3 is 5.69 Å². The first-order valence-electron chi connectivity index (χ1n) is 12.4. The summed E-state index contributed by atoms with van der Waals surface area (Å²) in [6.07, 6.45) is 5.17. The van der Waals surface area contributed by atoms with Crippen LogP contribution in [-0.4, -0.2) is 31.1 Å². The van der Waals surface area contributed by atoms with Crippen molar-refractivity contribution in [2.75, 3.05) is 0 Å². The molecule has 0 aliphatic heterocycles. The van der Waals surface area contributed by atoms with Crippen LogP contribution in [0, 0.1) is 26.7 Å². The quantitative estimate of drug-likeness (QED) is 0.408. The second-order valence-electron chi connectivity index (χ2n) is 9.75. The van der Waals surface area contributed by atoms with Gasteiger partial charge in [-0.05, 0) is 82.7 Å². The van der Waals surface area contributed by atoms with Crippen molar-refractivity contribution in [3.8, 4) is 5.69 Å². The number of aromatic nitrogens is 4. The van der Waals surface area contributed by atoms with Gasteiger partial charge in [-0.15, -0.1) is 0 Å². The molecule has 0 unspecified atom stereocenters. The van der Waals surface area contributed by atoms with E-state index in [0.717, 1.165) is 53.8 Å². The van der Waals surface area contributed by atoms with Crippen molar-refractivity contribution >= 4 is 28.5 Å². The van der Waals surface area contributed by atoms with Crippen LogP contribution in [0.25, 0.3) is 16.7 Å². The summed E-state index contributed by atoms with van der Waals surface area (Å²) in [5, 5.41) is 3.60. The predicted molar refractivity (Wildman–Crippen MR) is 142 cm³/mol. The molecule has 7 nitrogen and oxygen atoms in total. The van der Waals surface area contributed by atoms with E-state index in [-0.39, 0.29) is 17.6 Å². The molecule has 0 spiro atoms. The fourth-order valence-electron chi connectivity index (χ4n) is 5.28. The van der Waals surface area contributed by atoms with Crippen LogP contribution in [-0.2, 0) is 6.54 Å². The first-order valence-corrected chi connectivity index (χ1v) is 12.8. The number of halogens is 1. The van der Waals surface area contributed by atoms with Crippen LogP contribution in [0.4, 0.5) is 0 Å². The minimum atomic E-state index is -0.132. The third kappa shape index (κ3) is 4.67. The molecule has 5 rings (SSSR count). The number of rotatable bonds is 5. The van der Waals surface area contributed by atoms with Gasteiger partial charge < -0.3 is 5.32 Å². The number of para-hydroxylation sites is 2. The van der Waals surface area contributed by atoms with E-state index in [1.807, 2.05) is 61.7 Å². The predicted octanol–water partition coefficient (Wildman–Crippen LogP) is 5.15. The SMILES string of the molecule is Cc1ccc(-n2c(=O)n(C[C@H]3CC[C@H](NC(=O)c4cc(Cl)cnc4C)CC3)c3ccccc32)c(C)n1. The van der Waals surface area contributed by atoms with E-state index in [1.54, 1.807) is 16.8 Å². The number of nitrogens with zero attached hydrogens (tertiary/aromatic N) is 4. The molecular weight excluding hydrogens is 474 g/mol. The molecule has 1 aliphatic rings. The highest BCUT2D eigenvalue weighted by Crippen LogP contribution is 2.28. The van der Waals surface area contributed by atoms with E-state index in [9.17, 15) is 9.59 Å². The Bertz CT molecular complexity index is 1500. The Labute approximate surface area is 215 Å². The van der Waals surface area contributed by atoms with Gasteiger partial charge in [-0.25, -0.2) is 4.79 Å². The van der Waals surface area contributed by atoms with Gasteiger partial charge in [0.1, 0.15) is 0 Å². The van der Waals surface area contributed by atoms with Crippen LogP contribution in [0.5, 0.6) is 0 Å². The van der Waals surface area contributed by atoms with Crippen LogP contribution in [0.1, 0.15) is 53.1 Å². The highest BCUT2D eigenvalue weighted by molar-refractivity contribution is 6.30. The molecule has 1 aromatic carbocycles. The second kappa shape index (κ2) is 9.90. The number of benzene rings is 1. The number of imidazole rings is 1. The molecule has 1 saturated carbocycles. The summed E-state index contributed by atoms with van der Waals surface area (Å²) in [5.74, 6) is 0.231. The lowest BCUT2D eigenvalue weighted by atomic mass is 9.85. The largest absolute Gasteiger partial charge is 0.349 e. The Hall–Kier alpha value is -3.45. The topological polar surface area (TPSA) is 81.8 Å². The van der Waals surface area contributed by atoms with Crippen molar-refractivity contribution in [3.05, 3.63) is 86.8 Å². The highest BCUT2D eigenvalue weighted by Gasteiger charge is 2.26. The van der Waals surface area contributed by atoms with Crippen molar-refractivity contribution in [2.45, 2.75) is 59.0 Å². The van der Waals surface area contributed by atoms with Crippen molar-refractivity contribution < 1.29 is 4.79 Å². The highest BCUT2D eigenvalue weighted by atomic mass is 35.5. The summed E-state index contributed by atoms with van der Waals surface area (Å²) < 4.78 is 3.68. The fourth-order valence-corrected chi connectivity index (χ4v) is 5.44. The van der Waals surface area contributed by atoms with Gasteiger partial charge in [0.05, 0.1) is 38.7 Å². The van der Waals surface area contributed by atoms with Gasteiger partial charge in [-0.2, -0.15) is 0 Å². The number of hydrogen-bond acceptors (Lipinski definition) is 4. The molecule has 186 valence electrons. The minimum absolute atomic E-state index is 0.0377. The minimum Gasteiger partial charge on any atom is -0.349 e. The molecule has 0 saturated heterocycles. The van der Waals surface area contributed by atoms with E-state index < -0.39 is 0 Å². The Morgan fingerprint density at radius 3 is 2.47 bits per heavy atom. The van der Waals surface area contributed by atoms with Crippen LogP contribution < -0.4 is 11.0 Å². The molecule has 3 aromatic heterocycles. The maximum Gasteiger partial charge on any atom is 0.333 e. The first kappa shape index (κ1) is 24.3. The molecule has 1 fully saturated rings. The average molecular weight is 504 g/mol. The lowest BCUT2D eigenvalue weighted by Gasteiger charge is -2.29. The number of carbonyl (C=O) groups excluding carboxylic acids is 1. The standard InChI is InChI=1S/C28H30ClN5O2/c1-17-8-13-24(19(3)31-17)34-26-7-5-4-6-25(26)33(28(34)36)16-20-9-11-22(12-10-20)32-27(35)23-14-21(29)15-30-18(23)2/h4-8,13-15,20,22H,9-12,16H2,1-3H3,(H,32,35)/t20-,22-. The number of aryl methyl sites for hydroxylation is 3. The molecule has 1 aliphatic carbocycles. The van der Waals surface area contributed by atoms with Crippen molar-refractivity contribution in [1.82, 2.24) is 24.4 Å². The smallest absolute Gasteiger partial charge is 0.333 e. The Balaban J connectivity index is 1.32. The summed E-state index contributed by atoms with van der Waals surface area (Å²) in [6.45, 7) is 6.36. The molecule has 4 aromatic rings. The summed E-state index contributed by atoms with van der Waals surface area (Å²) in [4.78, 5) is 35.2. The average Bonchev–Trinajstić information content (AvgIpc) is 3.13. The lowest BCUT2D eigenvalue weighted by Crippen LogP contribution is -2.39.